The summed E-state index contributed by atoms with van der Waals surface area (Å²) in [5.74, 6) is -0.140. The van der Waals surface area contributed by atoms with Crippen molar-refractivity contribution in [2.24, 2.45) is 5.73 Å². The summed E-state index contributed by atoms with van der Waals surface area (Å²) in [5.41, 5.74) is 5.71. The Bertz CT molecular complexity index is 552. The van der Waals surface area contributed by atoms with Crippen molar-refractivity contribution in [3.8, 4) is 0 Å². The predicted molar refractivity (Wildman–Crippen MR) is 78.9 cm³/mol. The van der Waals surface area contributed by atoms with Gasteiger partial charge in [-0.05, 0) is 43.5 Å². The number of alkyl halides is 3. The van der Waals surface area contributed by atoms with E-state index in [4.69, 9.17) is 5.73 Å². The third kappa shape index (κ3) is 4.10. The third-order valence-corrected chi connectivity index (χ3v) is 3.86. The van der Waals surface area contributed by atoms with Gasteiger partial charge in [-0.2, -0.15) is 13.2 Å². The molecule has 1 amide bonds. The van der Waals surface area contributed by atoms with E-state index in [-0.39, 0.29) is 18.0 Å². The molecule has 3 nitrogen and oxygen atoms in total. The fourth-order valence-electron chi connectivity index (χ4n) is 2.58. The highest BCUT2D eigenvalue weighted by atomic mass is 19.4. The summed E-state index contributed by atoms with van der Waals surface area (Å²) in [6.07, 6.45) is 0.115. The van der Waals surface area contributed by atoms with Crippen LogP contribution in [0.4, 0.5) is 13.2 Å². The van der Waals surface area contributed by atoms with Crippen LogP contribution in [0, 0.1) is 0 Å². The van der Waals surface area contributed by atoms with Crippen molar-refractivity contribution in [1.82, 2.24) is 4.90 Å². The molecule has 0 aromatic heterocycles. The quantitative estimate of drug-likeness (QED) is 0.853. The van der Waals surface area contributed by atoms with E-state index in [1.807, 2.05) is 6.92 Å². The minimum Gasteiger partial charge on any atom is -0.336 e. The van der Waals surface area contributed by atoms with E-state index in [9.17, 15) is 18.0 Å². The second kappa shape index (κ2) is 6.52. The Morgan fingerprint density at radius 2 is 1.95 bits per heavy atom. The topological polar surface area (TPSA) is 46.3 Å². The van der Waals surface area contributed by atoms with Gasteiger partial charge in [0, 0.05) is 24.7 Å². The van der Waals surface area contributed by atoms with Gasteiger partial charge in [-0.1, -0.05) is 12.1 Å². The van der Waals surface area contributed by atoms with Crippen molar-refractivity contribution in [3.05, 3.63) is 41.5 Å². The van der Waals surface area contributed by atoms with Crippen LogP contribution in [0.15, 0.2) is 30.3 Å². The molecule has 0 aliphatic carbocycles. The molecule has 120 valence electrons. The van der Waals surface area contributed by atoms with Crippen LogP contribution in [0.2, 0.25) is 0 Å². The van der Waals surface area contributed by atoms with Gasteiger partial charge >= 0.3 is 6.18 Å². The molecule has 0 spiro atoms. The Morgan fingerprint density at radius 3 is 2.50 bits per heavy atom. The average molecular weight is 312 g/mol. The molecule has 2 atom stereocenters. The number of carbonyl (C=O) groups is 1. The fraction of sp³-hybridized carbons (Fsp3) is 0.438. The van der Waals surface area contributed by atoms with Crippen molar-refractivity contribution in [1.29, 1.82) is 0 Å². The molecular weight excluding hydrogens is 293 g/mol. The summed E-state index contributed by atoms with van der Waals surface area (Å²) >= 11 is 0. The number of hydrogen-bond donors (Lipinski definition) is 1. The number of amides is 1. The minimum atomic E-state index is -4.35. The molecule has 1 fully saturated rings. The Morgan fingerprint density at radius 1 is 1.32 bits per heavy atom. The molecule has 22 heavy (non-hydrogen) atoms. The van der Waals surface area contributed by atoms with Crippen molar-refractivity contribution in [2.75, 3.05) is 6.54 Å². The molecule has 1 aromatic rings. The van der Waals surface area contributed by atoms with Gasteiger partial charge < -0.3 is 10.6 Å². The zero-order valence-electron chi connectivity index (χ0n) is 12.3. The minimum absolute atomic E-state index is 0.0773. The molecule has 2 unspecified atom stereocenters. The second-order valence-corrected chi connectivity index (χ2v) is 5.62. The van der Waals surface area contributed by atoms with Crippen LogP contribution < -0.4 is 5.73 Å². The number of likely N-dealkylation sites (tertiary alicyclic amines) is 1. The lowest BCUT2D eigenvalue weighted by atomic mass is 9.99. The van der Waals surface area contributed by atoms with Crippen molar-refractivity contribution >= 4 is 12.0 Å². The summed E-state index contributed by atoms with van der Waals surface area (Å²) in [6.45, 7) is 2.56. The van der Waals surface area contributed by atoms with E-state index in [1.54, 1.807) is 4.90 Å². The van der Waals surface area contributed by atoms with Crippen LogP contribution in [0.3, 0.4) is 0 Å². The van der Waals surface area contributed by atoms with Gasteiger partial charge in [0.25, 0.3) is 0 Å². The van der Waals surface area contributed by atoms with Crippen LogP contribution in [-0.2, 0) is 11.0 Å². The summed E-state index contributed by atoms with van der Waals surface area (Å²) in [6, 6.07) is 4.91. The molecule has 0 saturated carbocycles. The van der Waals surface area contributed by atoms with Crippen LogP contribution >= 0.6 is 0 Å². The SMILES string of the molecule is CC1CC(N)CCN1C(=O)C=Cc1ccc(C(F)(F)F)cc1. The van der Waals surface area contributed by atoms with E-state index in [0.717, 1.165) is 25.0 Å². The number of carbonyl (C=O) groups excluding carboxylic acids is 1. The molecule has 2 N–H and O–H groups in total. The van der Waals surface area contributed by atoms with Gasteiger partial charge in [0.05, 0.1) is 5.56 Å². The van der Waals surface area contributed by atoms with Crippen LogP contribution in [0.1, 0.15) is 30.9 Å². The molecule has 1 aliphatic rings. The number of nitrogens with two attached hydrogens (primary N) is 1. The third-order valence-electron chi connectivity index (χ3n) is 3.86. The van der Waals surface area contributed by atoms with Gasteiger partial charge in [0.1, 0.15) is 0 Å². The molecular formula is C16H19F3N2O. The molecule has 1 aliphatic heterocycles. The van der Waals surface area contributed by atoms with Gasteiger partial charge in [0.15, 0.2) is 0 Å². The maximum Gasteiger partial charge on any atom is 0.416 e. The number of benzene rings is 1. The van der Waals surface area contributed by atoms with Crippen LogP contribution in [0.25, 0.3) is 6.08 Å². The van der Waals surface area contributed by atoms with Crippen molar-refractivity contribution < 1.29 is 18.0 Å². The van der Waals surface area contributed by atoms with E-state index in [1.165, 1.54) is 24.3 Å². The number of halogens is 3. The molecule has 0 bridgehead atoms. The second-order valence-electron chi connectivity index (χ2n) is 5.62. The summed E-state index contributed by atoms with van der Waals surface area (Å²) in [5, 5.41) is 0. The first-order valence-corrected chi connectivity index (χ1v) is 7.19. The average Bonchev–Trinajstić information content (AvgIpc) is 2.44. The Balaban J connectivity index is 2.01. The van der Waals surface area contributed by atoms with Crippen LogP contribution in [0.5, 0.6) is 0 Å². The predicted octanol–water partition coefficient (Wildman–Crippen LogP) is 3.06. The lowest BCUT2D eigenvalue weighted by Gasteiger charge is -2.35. The standard InChI is InChI=1S/C16H19F3N2O/c1-11-10-14(20)8-9-21(11)15(22)7-4-12-2-5-13(6-3-12)16(17,18)19/h2-7,11,14H,8-10,20H2,1H3. The molecule has 1 heterocycles. The maximum absolute atomic E-state index is 12.5. The molecule has 2 rings (SSSR count). The first-order chi connectivity index (χ1) is 10.3. The lowest BCUT2D eigenvalue weighted by Crippen LogP contribution is -2.47. The molecule has 0 radical (unpaired) electrons. The highest BCUT2D eigenvalue weighted by Crippen LogP contribution is 2.29. The van der Waals surface area contributed by atoms with E-state index in [0.29, 0.717) is 12.1 Å². The van der Waals surface area contributed by atoms with Gasteiger partial charge in [-0.25, -0.2) is 0 Å². The largest absolute Gasteiger partial charge is 0.416 e. The van der Waals surface area contributed by atoms with Crippen LogP contribution in [-0.4, -0.2) is 29.4 Å². The van der Waals surface area contributed by atoms with E-state index in [2.05, 4.69) is 0 Å². The number of piperidine rings is 1. The molecule has 1 aromatic carbocycles. The lowest BCUT2D eigenvalue weighted by molar-refractivity contribution is -0.137. The van der Waals surface area contributed by atoms with E-state index >= 15 is 0 Å². The smallest absolute Gasteiger partial charge is 0.336 e. The molecule has 6 heteroatoms. The maximum atomic E-state index is 12.5. The Kier molecular flexibility index (Phi) is 4.90. The number of nitrogens with zero attached hydrogens (tertiary/aromatic N) is 1. The number of rotatable bonds is 2. The monoisotopic (exact) mass is 312 g/mol. The zero-order chi connectivity index (χ0) is 16.3. The van der Waals surface area contributed by atoms with Crippen molar-refractivity contribution in [3.63, 3.8) is 0 Å². The first-order valence-electron chi connectivity index (χ1n) is 7.19. The van der Waals surface area contributed by atoms with Gasteiger partial charge in [-0.15, -0.1) is 0 Å². The first kappa shape index (κ1) is 16.5. The number of hydrogen-bond acceptors (Lipinski definition) is 2. The molecule has 1 saturated heterocycles. The highest BCUT2D eigenvalue weighted by Gasteiger charge is 2.30. The fourth-order valence-corrected chi connectivity index (χ4v) is 2.58. The summed E-state index contributed by atoms with van der Waals surface area (Å²) < 4.78 is 37.4. The van der Waals surface area contributed by atoms with Gasteiger partial charge in [-0.3, -0.25) is 4.79 Å². The van der Waals surface area contributed by atoms with Gasteiger partial charge in [0.2, 0.25) is 5.91 Å². The normalized spacial score (nSPS) is 23.0. The van der Waals surface area contributed by atoms with E-state index < -0.39 is 11.7 Å². The highest BCUT2D eigenvalue weighted by molar-refractivity contribution is 5.92. The Labute approximate surface area is 127 Å². The van der Waals surface area contributed by atoms with Crippen molar-refractivity contribution in [2.45, 2.75) is 38.0 Å². The Hall–Kier alpha value is -1.82. The summed E-state index contributed by atoms with van der Waals surface area (Å²) in [4.78, 5) is 13.9. The summed E-state index contributed by atoms with van der Waals surface area (Å²) in [7, 11) is 0. The zero-order valence-corrected chi connectivity index (χ0v) is 12.3.